The van der Waals surface area contributed by atoms with Gasteiger partial charge >= 0.3 is 26.8 Å². The van der Waals surface area contributed by atoms with Crippen LogP contribution in [0.15, 0.2) is 60.8 Å². The van der Waals surface area contributed by atoms with E-state index in [1.807, 2.05) is 18.3 Å². The Morgan fingerprint density at radius 3 is 2.10 bits per heavy atom. The Balaban J connectivity index is -0.000000104. The fourth-order valence-electron chi connectivity index (χ4n) is 1.31. The van der Waals surface area contributed by atoms with Crippen molar-refractivity contribution in [3.05, 3.63) is 81.8 Å². The van der Waals surface area contributed by atoms with Crippen LogP contribution in [0.2, 0.25) is 0 Å². The molecule has 0 bridgehead atoms. The molecule has 0 fully saturated rings. The van der Waals surface area contributed by atoms with Gasteiger partial charge in [0.1, 0.15) is 0 Å². The standard InChI is InChI=1S/C9H7.C4H4N.2CH3.2ClH.Si.Ti/c1-2-5-9-7-3-6-8(9)4-1;1-2-4-5-3-1;;;;;;/h1-7H;1-3,5H;2*1H3;2*1H;;/q4*-1;;;;. The number of H-pyrrole nitrogens is 1. The van der Waals surface area contributed by atoms with E-state index in [4.69, 9.17) is 0 Å². The minimum absolute atomic E-state index is 0. The summed E-state index contributed by atoms with van der Waals surface area (Å²) in [6, 6.07) is 18.4. The maximum atomic E-state index is 2.97. The van der Waals surface area contributed by atoms with Crippen molar-refractivity contribution in [1.82, 2.24) is 4.98 Å². The van der Waals surface area contributed by atoms with Gasteiger partial charge in [-0.05, 0) is 0 Å². The van der Waals surface area contributed by atoms with Gasteiger partial charge in [-0.2, -0.15) is 35.8 Å². The molecule has 3 rings (SSSR count). The zero-order valence-electron chi connectivity index (χ0n) is 11.6. The molecule has 0 unspecified atom stereocenters. The summed E-state index contributed by atoms with van der Waals surface area (Å²) in [5.74, 6) is 0. The fraction of sp³-hybridized carbons (Fsp3) is 0. The summed E-state index contributed by atoms with van der Waals surface area (Å²) >= 11 is 1.81. The van der Waals surface area contributed by atoms with Crippen molar-refractivity contribution in [2.24, 2.45) is 0 Å². The van der Waals surface area contributed by atoms with Gasteiger partial charge in [0.15, 0.2) is 0 Å². The number of hydrogen-bond acceptors (Lipinski definition) is 0. The Hall–Kier alpha value is -0.379. The van der Waals surface area contributed by atoms with Crippen molar-refractivity contribution < 1.29 is 19.2 Å². The first-order chi connectivity index (χ1) is 7.97. The minimum atomic E-state index is 0. The van der Waals surface area contributed by atoms with Crippen molar-refractivity contribution >= 4 is 43.2 Å². The van der Waals surface area contributed by atoms with Gasteiger partial charge in [-0.15, -0.1) is 60.7 Å². The molecule has 0 saturated heterocycles. The maximum Gasteiger partial charge on any atom is -0.0809 e. The van der Waals surface area contributed by atoms with E-state index in [2.05, 4.69) is 61.3 Å². The van der Waals surface area contributed by atoms with Crippen LogP contribution in [0.4, 0.5) is 0 Å². The molecule has 0 amide bonds. The fourth-order valence-corrected chi connectivity index (χ4v) is 1.31. The molecule has 0 saturated carbocycles. The maximum absolute atomic E-state index is 2.97. The number of aromatic amines is 1. The first kappa shape index (κ1) is 27.9. The number of benzene rings is 1. The zero-order chi connectivity index (χ0) is 11.6. The van der Waals surface area contributed by atoms with Crippen LogP contribution in [-0.2, 0) is 19.2 Å². The summed E-state index contributed by atoms with van der Waals surface area (Å²) in [4.78, 5) is 2.74. The minimum Gasteiger partial charge on any atom is -0.484 e. The van der Waals surface area contributed by atoms with Crippen molar-refractivity contribution in [2.75, 3.05) is 0 Å². The second-order valence-electron chi connectivity index (χ2n) is 2.97. The molecule has 0 aliphatic heterocycles. The molecule has 1 nitrogen and oxygen atoms in total. The van der Waals surface area contributed by atoms with Crippen LogP contribution in [-0.4, -0.2) is 12.6 Å². The van der Waals surface area contributed by atoms with Gasteiger partial charge < -0.3 is 19.8 Å². The van der Waals surface area contributed by atoms with E-state index in [9.17, 15) is 0 Å². The molecular weight excluding hydrogens is 341 g/mol. The second kappa shape index (κ2) is 18.6. The van der Waals surface area contributed by atoms with Crippen LogP contribution in [0.5, 0.6) is 0 Å². The van der Waals surface area contributed by atoms with Crippen LogP contribution < -0.4 is 0 Å². The van der Waals surface area contributed by atoms with Crippen LogP contribution in [0.25, 0.3) is 10.8 Å². The molecule has 2 radical (unpaired) electrons. The van der Waals surface area contributed by atoms with Gasteiger partial charge in [-0.25, -0.2) is 0 Å². The Bertz CT molecular complexity index is 450. The SMILES string of the molecule is Cl.Cl.[CH3-].[CH3-].[Si]=[Ti].[c-]1ccc[nH]1.c1ccc2[cH-]ccc2c1. The Kier molecular flexibility index (Phi) is 26.0. The monoisotopic (exact) mass is 359 g/mol. The van der Waals surface area contributed by atoms with Crippen LogP contribution >= 0.6 is 24.8 Å². The number of nitrogens with one attached hydrogen (secondary N) is 1. The third kappa shape index (κ3) is 10.4. The van der Waals surface area contributed by atoms with Gasteiger partial charge in [0.2, 0.25) is 0 Å². The predicted octanol–water partition coefficient (Wildman–Crippen LogP) is 4.73. The van der Waals surface area contributed by atoms with E-state index in [0.717, 1.165) is 0 Å². The third-order valence-corrected chi connectivity index (χ3v) is 1.99. The number of fused-ring (bicyclic) bond motifs is 1. The summed E-state index contributed by atoms with van der Waals surface area (Å²) in [5, 5.41) is 2.66. The van der Waals surface area contributed by atoms with Crippen molar-refractivity contribution in [3.8, 4) is 0 Å². The van der Waals surface area contributed by atoms with Crippen molar-refractivity contribution in [1.29, 1.82) is 0 Å². The number of aromatic nitrogens is 1. The molecule has 20 heavy (non-hydrogen) atoms. The van der Waals surface area contributed by atoms with Crippen LogP contribution in [0, 0.1) is 21.1 Å². The molecule has 0 aliphatic carbocycles. The summed E-state index contributed by atoms with van der Waals surface area (Å²) < 4.78 is 0. The topological polar surface area (TPSA) is 15.8 Å². The van der Waals surface area contributed by atoms with E-state index in [1.165, 1.54) is 10.8 Å². The van der Waals surface area contributed by atoms with Crippen molar-refractivity contribution in [2.45, 2.75) is 0 Å². The molecule has 1 aromatic heterocycles. The molecule has 0 aliphatic rings. The van der Waals surface area contributed by atoms with E-state index in [0.29, 0.717) is 0 Å². The number of hydrogen-bond donors (Lipinski definition) is 1. The summed E-state index contributed by atoms with van der Waals surface area (Å²) in [6.45, 7) is 0. The molecule has 0 spiro atoms. The van der Waals surface area contributed by atoms with Gasteiger partial charge in [0.05, 0.1) is 0 Å². The first-order valence-electron chi connectivity index (χ1n) is 4.82. The van der Waals surface area contributed by atoms with E-state index < -0.39 is 0 Å². The van der Waals surface area contributed by atoms with Gasteiger partial charge in [-0.1, -0.05) is 6.07 Å². The average molecular weight is 360 g/mol. The Labute approximate surface area is 148 Å². The van der Waals surface area contributed by atoms with E-state index >= 15 is 0 Å². The molecule has 110 valence electrons. The quantitative estimate of drug-likeness (QED) is 0.441. The number of rotatable bonds is 0. The number of halogens is 2. The van der Waals surface area contributed by atoms with Gasteiger partial charge in [0, 0.05) is 0 Å². The first-order valence-corrected chi connectivity index (χ1v) is 7.66. The predicted molar refractivity (Wildman–Crippen MR) is 92.2 cm³/mol. The second-order valence-corrected chi connectivity index (χ2v) is 2.97. The summed E-state index contributed by atoms with van der Waals surface area (Å²) in [6.07, 6.45) is 4.56. The van der Waals surface area contributed by atoms with Crippen LogP contribution in [0.3, 0.4) is 0 Å². The molecule has 5 heteroatoms. The molecule has 0 atom stereocenters. The van der Waals surface area contributed by atoms with Crippen LogP contribution in [0.1, 0.15) is 0 Å². The molecule has 1 N–H and O–H groups in total. The Morgan fingerprint density at radius 2 is 1.65 bits per heavy atom. The van der Waals surface area contributed by atoms with Gasteiger partial charge in [-0.3, -0.25) is 0 Å². The van der Waals surface area contributed by atoms with Gasteiger partial charge in [0.25, 0.3) is 0 Å². The smallest absolute Gasteiger partial charge is 0.0809 e. The third-order valence-electron chi connectivity index (χ3n) is 1.99. The summed E-state index contributed by atoms with van der Waals surface area (Å²) in [7, 11) is 2.97. The van der Waals surface area contributed by atoms with E-state index in [1.54, 1.807) is 19.2 Å². The molecule has 1 heterocycles. The molecule has 3 aromatic rings. The molecule has 2 aromatic carbocycles. The Morgan fingerprint density at radius 1 is 1.00 bits per heavy atom. The average Bonchev–Trinajstić information content (AvgIpc) is 3.06. The molecular formula is C15H19Cl2NSiTi-4. The zero-order valence-corrected chi connectivity index (χ0v) is 15.8. The largest absolute Gasteiger partial charge is 0.484 e. The van der Waals surface area contributed by atoms with E-state index in [-0.39, 0.29) is 39.7 Å². The van der Waals surface area contributed by atoms with Crippen molar-refractivity contribution in [3.63, 3.8) is 0 Å². The normalized spacial score (nSPS) is 6.75. The summed E-state index contributed by atoms with van der Waals surface area (Å²) in [5.41, 5.74) is 0.